The molecule has 0 saturated heterocycles. The van der Waals surface area contributed by atoms with E-state index in [9.17, 15) is 13.5 Å². The summed E-state index contributed by atoms with van der Waals surface area (Å²) in [6.07, 6.45) is 5.20. The van der Waals surface area contributed by atoms with Crippen molar-refractivity contribution in [2.75, 3.05) is 6.54 Å². The molecule has 118 valence electrons. The summed E-state index contributed by atoms with van der Waals surface area (Å²) in [6, 6.07) is 4.46. The minimum Gasteiger partial charge on any atom is -0.389 e. The van der Waals surface area contributed by atoms with E-state index in [1.165, 1.54) is 18.2 Å². The monoisotopic (exact) mass is 351 g/mol. The first-order chi connectivity index (χ1) is 9.84. The largest absolute Gasteiger partial charge is 0.389 e. The summed E-state index contributed by atoms with van der Waals surface area (Å²) in [6.45, 7) is -0.00181. The van der Waals surface area contributed by atoms with Gasteiger partial charge in [0.05, 0.1) is 15.6 Å². The summed E-state index contributed by atoms with van der Waals surface area (Å²) in [5.74, 6) is 0. The highest BCUT2D eigenvalue weighted by molar-refractivity contribution is 7.89. The second kappa shape index (κ2) is 6.84. The van der Waals surface area contributed by atoms with Crippen LogP contribution in [0.2, 0.25) is 10.0 Å². The molecule has 0 unspecified atom stereocenters. The quantitative estimate of drug-likeness (QED) is 0.817. The highest BCUT2D eigenvalue weighted by atomic mass is 35.5. The number of halogens is 2. The molecule has 0 atom stereocenters. The summed E-state index contributed by atoms with van der Waals surface area (Å²) in [5, 5.41) is 10.7. The van der Waals surface area contributed by atoms with E-state index in [0.29, 0.717) is 12.8 Å². The Balaban J connectivity index is 2.12. The maximum atomic E-state index is 12.3. The summed E-state index contributed by atoms with van der Waals surface area (Å²) < 4.78 is 27.1. The van der Waals surface area contributed by atoms with Crippen LogP contribution in [0.3, 0.4) is 0 Å². The number of sulfonamides is 1. The van der Waals surface area contributed by atoms with Gasteiger partial charge in [-0.1, -0.05) is 55.0 Å². The fraction of sp³-hybridized carbons (Fsp3) is 0.571. The van der Waals surface area contributed by atoms with E-state index in [1.54, 1.807) is 0 Å². The summed E-state index contributed by atoms with van der Waals surface area (Å²) in [7, 11) is -3.79. The highest BCUT2D eigenvalue weighted by Gasteiger charge is 2.30. The molecule has 0 aliphatic heterocycles. The molecule has 0 heterocycles. The van der Waals surface area contributed by atoms with Crippen molar-refractivity contribution in [1.82, 2.24) is 4.72 Å². The fourth-order valence-corrected chi connectivity index (χ4v) is 4.44. The molecule has 0 spiro atoms. The SMILES string of the molecule is O=S(=O)(NCC1(O)CCCCCC1)c1cccc(Cl)c1Cl. The van der Waals surface area contributed by atoms with Gasteiger partial charge in [-0.05, 0) is 25.0 Å². The van der Waals surface area contributed by atoms with Crippen molar-refractivity contribution in [1.29, 1.82) is 0 Å². The smallest absolute Gasteiger partial charge is 0.242 e. The van der Waals surface area contributed by atoms with Crippen molar-refractivity contribution in [2.45, 2.75) is 49.0 Å². The Hall–Kier alpha value is -0.330. The average molecular weight is 352 g/mol. The Bertz CT molecular complexity index is 596. The van der Waals surface area contributed by atoms with Crippen molar-refractivity contribution in [2.24, 2.45) is 0 Å². The third-order valence-corrected chi connectivity index (χ3v) is 6.21. The van der Waals surface area contributed by atoms with Gasteiger partial charge in [-0.3, -0.25) is 0 Å². The van der Waals surface area contributed by atoms with Gasteiger partial charge in [0.2, 0.25) is 10.0 Å². The lowest BCUT2D eigenvalue weighted by Gasteiger charge is -2.26. The Kier molecular flexibility index (Phi) is 5.54. The molecule has 0 bridgehead atoms. The normalized spacial score (nSPS) is 19.2. The second-order valence-electron chi connectivity index (χ2n) is 5.52. The van der Waals surface area contributed by atoms with E-state index < -0.39 is 15.6 Å². The Morgan fingerprint density at radius 1 is 1.14 bits per heavy atom. The van der Waals surface area contributed by atoms with Crippen molar-refractivity contribution >= 4 is 33.2 Å². The Morgan fingerprint density at radius 2 is 1.76 bits per heavy atom. The predicted octanol–water partition coefficient (Wildman–Crippen LogP) is 3.36. The number of rotatable bonds is 4. The van der Waals surface area contributed by atoms with Crippen LogP contribution in [-0.4, -0.2) is 25.7 Å². The van der Waals surface area contributed by atoms with Gasteiger partial charge >= 0.3 is 0 Å². The summed E-state index contributed by atoms with van der Waals surface area (Å²) >= 11 is 11.8. The second-order valence-corrected chi connectivity index (χ2v) is 8.04. The zero-order valence-electron chi connectivity index (χ0n) is 11.6. The molecule has 4 nitrogen and oxygen atoms in total. The van der Waals surface area contributed by atoms with Crippen molar-refractivity contribution in [3.63, 3.8) is 0 Å². The highest BCUT2D eigenvalue weighted by Crippen LogP contribution is 2.30. The van der Waals surface area contributed by atoms with Crippen LogP contribution in [-0.2, 0) is 10.0 Å². The number of hydrogen-bond donors (Lipinski definition) is 2. The van der Waals surface area contributed by atoms with Crippen LogP contribution in [0, 0.1) is 0 Å². The molecule has 21 heavy (non-hydrogen) atoms. The first-order valence-electron chi connectivity index (χ1n) is 7.00. The van der Waals surface area contributed by atoms with Gasteiger partial charge in [0, 0.05) is 6.54 Å². The molecule has 1 aromatic rings. The maximum Gasteiger partial charge on any atom is 0.242 e. The van der Waals surface area contributed by atoms with E-state index in [-0.39, 0.29) is 21.5 Å². The molecule has 1 fully saturated rings. The van der Waals surface area contributed by atoms with E-state index in [1.807, 2.05) is 0 Å². The van der Waals surface area contributed by atoms with Crippen molar-refractivity contribution < 1.29 is 13.5 Å². The van der Waals surface area contributed by atoms with Crippen molar-refractivity contribution in [3.8, 4) is 0 Å². The number of nitrogens with one attached hydrogen (secondary N) is 1. The molecule has 0 amide bonds. The topological polar surface area (TPSA) is 66.4 Å². The zero-order valence-corrected chi connectivity index (χ0v) is 13.9. The van der Waals surface area contributed by atoms with Crippen LogP contribution < -0.4 is 4.72 Å². The van der Waals surface area contributed by atoms with Crippen molar-refractivity contribution in [3.05, 3.63) is 28.2 Å². The molecular weight excluding hydrogens is 333 g/mol. The lowest BCUT2D eigenvalue weighted by atomic mass is 9.95. The van der Waals surface area contributed by atoms with Crippen LogP contribution in [0.4, 0.5) is 0 Å². The minimum absolute atomic E-state index is 0.000442. The molecule has 2 N–H and O–H groups in total. The van der Waals surface area contributed by atoms with Crippen LogP contribution >= 0.6 is 23.2 Å². The third-order valence-electron chi connectivity index (χ3n) is 3.83. The number of aliphatic hydroxyl groups is 1. The van der Waals surface area contributed by atoms with Crippen LogP contribution in [0.5, 0.6) is 0 Å². The molecule has 2 rings (SSSR count). The molecular formula is C14H19Cl2NO3S. The molecule has 0 radical (unpaired) electrons. The van der Waals surface area contributed by atoms with Crippen LogP contribution in [0.1, 0.15) is 38.5 Å². The van der Waals surface area contributed by atoms with Gasteiger partial charge in [0.1, 0.15) is 4.90 Å². The molecule has 1 aromatic carbocycles. The molecule has 7 heteroatoms. The maximum absolute atomic E-state index is 12.3. The van der Waals surface area contributed by atoms with E-state index >= 15 is 0 Å². The lowest BCUT2D eigenvalue weighted by molar-refractivity contribution is 0.0303. The average Bonchev–Trinajstić information content (AvgIpc) is 2.65. The molecule has 0 aromatic heterocycles. The Morgan fingerprint density at radius 3 is 2.38 bits per heavy atom. The fourth-order valence-electron chi connectivity index (χ4n) is 2.56. The molecule has 1 saturated carbocycles. The predicted molar refractivity (Wildman–Crippen MR) is 84.3 cm³/mol. The van der Waals surface area contributed by atoms with Gasteiger partial charge in [-0.15, -0.1) is 0 Å². The van der Waals surface area contributed by atoms with E-state index in [2.05, 4.69) is 4.72 Å². The molecule has 1 aliphatic carbocycles. The number of hydrogen-bond acceptors (Lipinski definition) is 3. The van der Waals surface area contributed by atoms with Gasteiger partial charge in [0.25, 0.3) is 0 Å². The van der Waals surface area contributed by atoms with Gasteiger partial charge in [-0.2, -0.15) is 0 Å². The molecule has 1 aliphatic rings. The number of benzene rings is 1. The minimum atomic E-state index is -3.79. The third kappa shape index (κ3) is 4.33. The first kappa shape index (κ1) is 17.0. The van der Waals surface area contributed by atoms with Gasteiger partial charge in [-0.25, -0.2) is 13.1 Å². The lowest BCUT2D eigenvalue weighted by Crippen LogP contribution is -2.42. The summed E-state index contributed by atoms with van der Waals surface area (Å²) in [4.78, 5) is -0.0612. The zero-order chi connectivity index (χ0) is 15.5. The van der Waals surface area contributed by atoms with E-state index in [4.69, 9.17) is 23.2 Å². The van der Waals surface area contributed by atoms with Crippen LogP contribution in [0.25, 0.3) is 0 Å². The standard InChI is InChI=1S/C14H19Cl2NO3S/c15-11-6-5-7-12(13(11)16)21(19,20)17-10-14(18)8-3-1-2-4-9-14/h5-7,17-18H,1-4,8-10H2. The summed E-state index contributed by atoms with van der Waals surface area (Å²) in [5.41, 5.74) is -0.978. The van der Waals surface area contributed by atoms with Crippen LogP contribution in [0.15, 0.2) is 23.1 Å². The van der Waals surface area contributed by atoms with Gasteiger partial charge in [0.15, 0.2) is 0 Å². The first-order valence-corrected chi connectivity index (χ1v) is 9.24. The van der Waals surface area contributed by atoms with Gasteiger partial charge < -0.3 is 5.11 Å². The Labute approximate surface area is 135 Å². The van der Waals surface area contributed by atoms with E-state index in [0.717, 1.165) is 25.7 Å².